The van der Waals surface area contributed by atoms with Crippen molar-refractivity contribution in [3.63, 3.8) is 0 Å². The van der Waals surface area contributed by atoms with Gasteiger partial charge in [-0.25, -0.2) is 0 Å². The molecule has 1 aliphatic heterocycles. The van der Waals surface area contributed by atoms with E-state index < -0.39 is 0 Å². The number of aromatic hydroxyl groups is 1. The molecule has 0 unspecified atom stereocenters. The van der Waals surface area contributed by atoms with E-state index in [9.17, 15) is 14.7 Å². The molecular formula is C24H38N2O3. The molecule has 0 spiro atoms. The zero-order valence-corrected chi connectivity index (χ0v) is 19.3. The van der Waals surface area contributed by atoms with Crippen molar-refractivity contribution in [2.75, 3.05) is 26.2 Å². The molecule has 1 aliphatic rings. The Balaban J connectivity index is 2.10. The molecule has 1 saturated heterocycles. The summed E-state index contributed by atoms with van der Waals surface area (Å²) in [5.41, 5.74) is 2.60. The molecule has 1 heterocycles. The summed E-state index contributed by atoms with van der Waals surface area (Å²) in [6, 6.07) is 4.10. The van der Waals surface area contributed by atoms with Crippen molar-refractivity contribution in [1.29, 1.82) is 0 Å². The van der Waals surface area contributed by atoms with Crippen molar-refractivity contribution in [2.45, 2.75) is 78.6 Å². The van der Waals surface area contributed by atoms with Crippen LogP contribution >= 0.6 is 0 Å². The Morgan fingerprint density at radius 1 is 0.862 bits per heavy atom. The lowest BCUT2D eigenvalue weighted by atomic mass is 9.78. The largest absolute Gasteiger partial charge is 0.507 e. The Bertz CT molecular complexity index is 713. The van der Waals surface area contributed by atoms with Crippen LogP contribution in [0.3, 0.4) is 0 Å². The number of nitrogens with zero attached hydrogens (tertiary/aromatic N) is 2. The number of piperazine rings is 1. The Kier molecular flexibility index (Phi) is 7.02. The summed E-state index contributed by atoms with van der Waals surface area (Å²) in [5, 5.41) is 10.8. The first-order chi connectivity index (χ1) is 13.3. The van der Waals surface area contributed by atoms with Crippen molar-refractivity contribution in [3.8, 4) is 5.75 Å². The van der Waals surface area contributed by atoms with E-state index in [4.69, 9.17) is 0 Å². The summed E-state index contributed by atoms with van der Waals surface area (Å²) in [6.45, 7) is 16.9. The predicted octanol–water partition coefficient (Wildman–Crippen LogP) is 4.00. The van der Waals surface area contributed by atoms with Gasteiger partial charge in [-0.1, -0.05) is 60.6 Å². The fraction of sp³-hybridized carbons (Fsp3) is 0.667. The SMILES string of the molecule is CCC(=O)N1CCN(C(=O)CCc2cc(C(C)(C)C)c(O)c(C(C)(C)C)c2)CC1. The van der Waals surface area contributed by atoms with Crippen LogP contribution in [0.2, 0.25) is 0 Å². The fourth-order valence-corrected chi connectivity index (χ4v) is 3.82. The van der Waals surface area contributed by atoms with Crippen LogP contribution in [0.25, 0.3) is 0 Å². The van der Waals surface area contributed by atoms with Gasteiger partial charge in [0.2, 0.25) is 11.8 Å². The summed E-state index contributed by atoms with van der Waals surface area (Å²) >= 11 is 0. The molecule has 1 fully saturated rings. The van der Waals surface area contributed by atoms with Gasteiger partial charge in [0.15, 0.2) is 0 Å². The number of benzene rings is 1. The number of aryl methyl sites for hydroxylation is 1. The van der Waals surface area contributed by atoms with Crippen molar-refractivity contribution in [3.05, 3.63) is 28.8 Å². The second kappa shape index (κ2) is 8.76. The maximum absolute atomic E-state index is 12.7. The minimum Gasteiger partial charge on any atom is -0.507 e. The van der Waals surface area contributed by atoms with E-state index in [1.807, 2.05) is 16.7 Å². The number of carbonyl (C=O) groups is 2. The molecule has 2 amide bonds. The highest BCUT2D eigenvalue weighted by molar-refractivity contribution is 5.78. The van der Waals surface area contributed by atoms with Crippen molar-refractivity contribution < 1.29 is 14.7 Å². The van der Waals surface area contributed by atoms with Crippen LogP contribution in [-0.4, -0.2) is 52.9 Å². The van der Waals surface area contributed by atoms with E-state index in [0.717, 1.165) is 16.7 Å². The number of amides is 2. The third-order valence-electron chi connectivity index (χ3n) is 5.70. The second-order valence-corrected chi connectivity index (χ2v) is 10.2. The number of hydrogen-bond acceptors (Lipinski definition) is 3. The molecular weight excluding hydrogens is 364 g/mol. The van der Waals surface area contributed by atoms with Gasteiger partial charge in [0.1, 0.15) is 5.75 Å². The lowest BCUT2D eigenvalue weighted by Gasteiger charge is -2.34. The quantitative estimate of drug-likeness (QED) is 0.828. The highest BCUT2D eigenvalue weighted by Crippen LogP contribution is 2.40. The average Bonchev–Trinajstić information content (AvgIpc) is 2.64. The van der Waals surface area contributed by atoms with Crippen LogP contribution in [0.4, 0.5) is 0 Å². The van der Waals surface area contributed by atoms with Crippen LogP contribution in [-0.2, 0) is 26.8 Å². The zero-order valence-electron chi connectivity index (χ0n) is 19.3. The normalized spacial score (nSPS) is 15.6. The Morgan fingerprint density at radius 3 is 1.66 bits per heavy atom. The van der Waals surface area contributed by atoms with Crippen molar-refractivity contribution in [2.24, 2.45) is 0 Å². The fourth-order valence-electron chi connectivity index (χ4n) is 3.82. The molecule has 1 aromatic rings. The monoisotopic (exact) mass is 402 g/mol. The summed E-state index contributed by atoms with van der Waals surface area (Å²) in [4.78, 5) is 28.2. The first-order valence-corrected chi connectivity index (χ1v) is 10.8. The van der Waals surface area contributed by atoms with E-state index in [-0.39, 0.29) is 22.6 Å². The highest BCUT2D eigenvalue weighted by atomic mass is 16.3. The lowest BCUT2D eigenvalue weighted by molar-refractivity contribution is -0.139. The molecule has 162 valence electrons. The van der Waals surface area contributed by atoms with Crippen LogP contribution in [0, 0.1) is 0 Å². The molecule has 0 bridgehead atoms. The molecule has 0 atom stereocenters. The Labute approximate surface area is 176 Å². The number of rotatable bonds is 4. The first kappa shape index (κ1) is 23.2. The van der Waals surface area contributed by atoms with Gasteiger partial charge in [-0.3, -0.25) is 9.59 Å². The molecule has 29 heavy (non-hydrogen) atoms. The summed E-state index contributed by atoms with van der Waals surface area (Å²) < 4.78 is 0. The van der Waals surface area contributed by atoms with E-state index in [1.165, 1.54) is 0 Å². The molecule has 0 saturated carbocycles. The maximum atomic E-state index is 12.7. The molecule has 5 nitrogen and oxygen atoms in total. The third kappa shape index (κ3) is 5.74. The number of hydrogen-bond donors (Lipinski definition) is 1. The Morgan fingerprint density at radius 2 is 1.28 bits per heavy atom. The van der Waals surface area contributed by atoms with Gasteiger partial charge in [0.05, 0.1) is 0 Å². The smallest absolute Gasteiger partial charge is 0.223 e. The number of phenolic OH excluding ortho intramolecular Hbond substituents is 1. The predicted molar refractivity (Wildman–Crippen MR) is 117 cm³/mol. The van der Waals surface area contributed by atoms with Crippen molar-refractivity contribution in [1.82, 2.24) is 9.80 Å². The molecule has 1 N–H and O–H groups in total. The number of phenols is 1. The minimum absolute atomic E-state index is 0.135. The second-order valence-electron chi connectivity index (χ2n) is 10.2. The third-order valence-corrected chi connectivity index (χ3v) is 5.70. The average molecular weight is 403 g/mol. The summed E-state index contributed by atoms with van der Waals surface area (Å²) in [7, 11) is 0. The maximum Gasteiger partial charge on any atom is 0.223 e. The lowest BCUT2D eigenvalue weighted by Crippen LogP contribution is -2.50. The van der Waals surface area contributed by atoms with Gasteiger partial charge in [0, 0.05) is 39.0 Å². The van der Waals surface area contributed by atoms with Gasteiger partial charge in [0.25, 0.3) is 0 Å². The van der Waals surface area contributed by atoms with Crippen LogP contribution in [0.15, 0.2) is 12.1 Å². The van der Waals surface area contributed by atoms with E-state index in [0.29, 0.717) is 51.2 Å². The van der Waals surface area contributed by atoms with E-state index in [2.05, 4.69) is 53.7 Å². The zero-order chi connectivity index (χ0) is 22.0. The van der Waals surface area contributed by atoms with Gasteiger partial charge in [-0.2, -0.15) is 0 Å². The standard InChI is InChI=1S/C24H38N2O3/c1-8-20(27)25-11-13-26(14-12-25)21(28)10-9-17-15-18(23(2,3)4)22(29)19(16-17)24(5,6)7/h15-16,29H,8-14H2,1-7H3. The van der Waals surface area contributed by atoms with Crippen molar-refractivity contribution >= 4 is 11.8 Å². The highest BCUT2D eigenvalue weighted by Gasteiger charge is 2.27. The van der Waals surface area contributed by atoms with Gasteiger partial charge >= 0.3 is 0 Å². The van der Waals surface area contributed by atoms with Crippen LogP contribution < -0.4 is 0 Å². The molecule has 2 rings (SSSR count). The molecule has 5 heteroatoms. The number of carbonyl (C=O) groups excluding carboxylic acids is 2. The van der Waals surface area contributed by atoms with Gasteiger partial charge < -0.3 is 14.9 Å². The summed E-state index contributed by atoms with van der Waals surface area (Å²) in [5.74, 6) is 0.665. The van der Waals surface area contributed by atoms with Crippen LogP contribution in [0.5, 0.6) is 5.75 Å². The molecule has 0 aromatic heterocycles. The van der Waals surface area contributed by atoms with E-state index >= 15 is 0 Å². The first-order valence-electron chi connectivity index (χ1n) is 10.8. The molecule has 1 aromatic carbocycles. The minimum atomic E-state index is -0.174. The van der Waals surface area contributed by atoms with Gasteiger partial charge in [-0.15, -0.1) is 0 Å². The molecule has 0 radical (unpaired) electrons. The molecule has 0 aliphatic carbocycles. The van der Waals surface area contributed by atoms with Crippen LogP contribution in [0.1, 0.15) is 78.0 Å². The summed E-state index contributed by atoms with van der Waals surface area (Å²) in [6.07, 6.45) is 1.61. The Hall–Kier alpha value is -2.04. The van der Waals surface area contributed by atoms with E-state index in [1.54, 1.807) is 0 Å². The van der Waals surface area contributed by atoms with Gasteiger partial charge in [-0.05, 0) is 33.9 Å². The topological polar surface area (TPSA) is 60.9 Å².